The van der Waals surface area contributed by atoms with E-state index in [2.05, 4.69) is 33.4 Å². The van der Waals surface area contributed by atoms with Gasteiger partial charge in [-0.1, -0.05) is 36.0 Å². The number of thiophene rings is 1. The lowest BCUT2D eigenvalue weighted by Gasteiger charge is -2.17. The van der Waals surface area contributed by atoms with Crippen LogP contribution in [-0.4, -0.2) is 45.9 Å². The molecule has 0 fully saturated rings. The molecule has 0 saturated heterocycles. The number of hydrogen-bond acceptors (Lipinski definition) is 6. The summed E-state index contributed by atoms with van der Waals surface area (Å²) in [6.45, 7) is 0.555. The molecule has 6 nitrogen and oxygen atoms in total. The molecule has 0 unspecified atom stereocenters. The number of methoxy groups -OCH3 is 1. The van der Waals surface area contributed by atoms with Crippen LogP contribution < -0.4 is 4.74 Å². The molecule has 1 amide bonds. The highest BCUT2D eigenvalue weighted by Gasteiger charge is 2.13. The second-order valence-corrected chi connectivity index (χ2v) is 8.88. The molecule has 2 aromatic heterocycles. The number of fused-ring (bicyclic) bond motifs is 1. The highest BCUT2D eigenvalue weighted by atomic mass is 32.2. The Hall–Kier alpha value is -2.84. The zero-order valence-corrected chi connectivity index (χ0v) is 18.4. The van der Waals surface area contributed by atoms with E-state index in [4.69, 9.17) is 4.74 Å². The van der Waals surface area contributed by atoms with Gasteiger partial charge in [0.15, 0.2) is 0 Å². The predicted molar refractivity (Wildman–Crippen MR) is 121 cm³/mol. The number of carbonyl (C=O) groups is 1. The second kappa shape index (κ2) is 9.32. The third kappa shape index (κ3) is 5.01. The summed E-state index contributed by atoms with van der Waals surface area (Å²) in [5.74, 6) is 2.00. The Morgan fingerprint density at radius 3 is 2.83 bits per heavy atom. The molecule has 2 aromatic carbocycles. The number of ether oxygens (including phenoxy) is 1. The average molecular weight is 439 g/mol. The first-order chi connectivity index (χ1) is 14.6. The summed E-state index contributed by atoms with van der Waals surface area (Å²) in [6.07, 6.45) is 0.729. The van der Waals surface area contributed by atoms with Crippen LogP contribution in [0.3, 0.4) is 0 Å². The van der Waals surface area contributed by atoms with Crippen LogP contribution in [0.1, 0.15) is 16.3 Å². The van der Waals surface area contributed by atoms with E-state index < -0.39 is 0 Å². The van der Waals surface area contributed by atoms with Crippen molar-refractivity contribution in [1.29, 1.82) is 0 Å². The first kappa shape index (κ1) is 20.4. The Balaban J connectivity index is 1.31. The number of thioether (sulfide) groups is 1. The molecule has 0 aliphatic heterocycles. The number of aromatic nitrogens is 3. The van der Waals surface area contributed by atoms with Crippen LogP contribution in [0, 0.1) is 0 Å². The van der Waals surface area contributed by atoms with Gasteiger partial charge in [0.25, 0.3) is 0 Å². The molecular formula is C22H22N4O2S2. The van der Waals surface area contributed by atoms with E-state index in [-0.39, 0.29) is 5.91 Å². The van der Waals surface area contributed by atoms with Gasteiger partial charge < -0.3 is 9.64 Å². The van der Waals surface area contributed by atoms with E-state index in [9.17, 15) is 4.79 Å². The standard InChI is InChI=1S/C22H22N4O2S2/c1-26(13-15-5-6-17-11-18(28-2)8-7-16(17)10-15)21(27)14-30-22-23-20(24-25-22)12-19-4-3-9-29-19/h3-11H,12-14H2,1-2H3,(H,23,24,25). The van der Waals surface area contributed by atoms with Gasteiger partial charge in [-0.05, 0) is 46.0 Å². The second-order valence-electron chi connectivity index (χ2n) is 6.91. The lowest BCUT2D eigenvalue weighted by Crippen LogP contribution is -2.27. The number of benzene rings is 2. The molecule has 30 heavy (non-hydrogen) atoms. The number of nitrogens with one attached hydrogen (secondary N) is 1. The third-order valence-electron chi connectivity index (χ3n) is 4.72. The molecule has 2 heterocycles. The summed E-state index contributed by atoms with van der Waals surface area (Å²) >= 11 is 3.04. The SMILES string of the molecule is COc1ccc2cc(CN(C)C(=O)CSc3n[nH]c(Cc4cccs4)n3)ccc2c1. The fraction of sp³-hybridized carbons (Fsp3) is 0.227. The zero-order chi connectivity index (χ0) is 20.9. The predicted octanol–water partition coefficient (Wildman–Crippen LogP) is 4.37. The number of rotatable bonds is 8. The topological polar surface area (TPSA) is 71.1 Å². The molecule has 1 N–H and O–H groups in total. The van der Waals surface area contributed by atoms with E-state index in [0.29, 0.717) is 17.5 Å². The van der Waals surface area contributed by atoms with Crippen LogP contribution in [0.5, 0.6) is 5.75 Å². The van der Waals surface area contributed by atoms with Crippen molar-refractivity contribution in [3.63, 3.8) is 0 Å². The van der Waals surface area contributed by atoms with Gasteiger partial charge in [0, 0.05) is 24.9 Å². The van der Waals surface area contributed by atoms with Gasteiger partial charge in [0.2, 0.25) is 11.1 Å². The first-order valence-electron chi connectivity index (χ1n) is 9.48. The van der Waals surface area contributed by atoms with Crippen molar-refractivity contribution in [3.8, 4) is 5.75 Å². The van der Waals surface area contributed by atoms with Crippen molar-refractivity contribution in [1.82, 2.24) is 20.1 Å². The van der Waals surface area contributed by atoms with Crippen molar-refractivity contribution in [2.75, 3.05) is 19.9 Å². The zero-order valence-electron chi connectivity index (χ0n) is 16.8. The van der Waals surface area contributed by atoms with E-state index in [1.807, 2.05) is 42.8 Å². The number of nitrogens with zero attached hydrogens (tertiary/aromatic N) is 3. The molecule has 0 saturated carbocycles. The Labute approximate surface area is 183 Å². The summed E-state index contributed by atoms with van der Waals surface area (Å²) in [5.41, 5.74) is 1.09. The molecule has 4 rings (SSSR count). The van der Waals surface area contributed by atoms with Gasteiger partial charge >= 0.3 is 0 Å². The summed E-state index contributed by atoms with van der Waals surface area (Å²) in [7, 11) is 3.48. The summed E-state index contributed by atoms with van der Waals surface area (Å²) in [6, 6.07) is 16.3. The number of H-pyrrole nitrogens is 1. The van der Waals surface area contributed by atoms with Crippen LogP contribution in [0.2, 0.25) is 0 Å². The van der Waals surface area contributed by atoms with Crippen molar-refractivity contribution in [3.05, 3.63) is 70.2 Å². The van der Waals surface area contributed by atoms with Gasteiger partial charge in [-0.2, -0.15) is 0 Å². The number of hydrogen-bond donors (Lipinski definition) is 1. The maximum atomic E-state index is 12.6. The van der Waals surface area contributed by atoms with Crippen LogP contribution in [-0.2, 0) is 17.8 Å². The first-order valence-corrected chi connectivity index (χ1v) is 11.3. The molecule has 0 spiro atoms. The van der Waals surface area contributed by atoms with E-state index in [0.717, 1.165) is 34.3 Å². The molecule has 8 heteroatoms. The van der Waals surface area contributed by atoms with E-state index >= 15 is 0 Å². The quantitative estimate of drug-likeness (QED) is 0.414. The highest BCUT2D eigenvalue weighted by molar-refractivity contribution is 7.99. The molecule has 154 valence electrons. The molecule has 0 radical (unpaired) electrons. The van der Waals surface area contributed by atoms with Crippen LogP contribution >= 0.6 is 23.1 Å². The van der Waals surface area contributed by atoms with Gasteiger partial charge in [-0.15, -0.1) is 16.4 Å². The fourth-order valence-electron chi connectivity index (χ4n) is 3.10. The normalized spacial score (nSPS) is 11.0. The lowest BCUT2D eigenvalue weighted by atomic mass is 10.1. The monoisotopic (exact) mass is 438 g/mol. The summed E-state index contributed by atoms with van der Waals surface area (Å²) in [5, 5.41) is 12.1. The minimum atomic E-state index is 0.0411. The number of carbonyl (C=O) groups excluding carboxylic acids is 1. The fourth-order valence-corrected chi connectivity index (χ4v) is 4.56. The van der Waals surface area contributed by atoms with Gasteiger partial charge in [-0.25, -0.2) is 4.98 Å². The van der Waals surface area contributed by atoms with Gasteiger partial charge in [-0.3, -0.25) is 9.89 Å². The number of amides is 1. The summed E-state index contributed by atoms with van der Waals surface area (Å²) in [4.78, 5) is 20.0. The molecule has 0 aliphatic rings. The van der Waals surface area contributed by atoms with Crippen LogP contribution in [0.15, 0.2) is 59.1 Å². The van der Waals surface area contributed by atoms with Gasteiger partial charge in [0.1, 0.15) is 11.6 Å². The Kier molecular flexibility index (Phi) is 6.35. The van der Waals surface area contributed by atoms with Crippen molar-refractivity contribution in [2.45, 2.75) is 18.1 Å². The smallest absolute Gasteiger partial charge is 0.233 e. The van der Waals surface area contributed by atoms with E-state index in [1.165, 1.54) is 16.6 Å². The molecule has 0 atom stereocenters. The largest absolute Gasteiger partial charge is 0.497 e. The van der Waals surface area contributed by atoms with Crippen molar-refractivity contribution < 1.29 is 9.53 Å². The van der Waals surface area contributed by atoms with Crippen LogP contribution in [0.25, 0.3) is 10.8 Å². The maximum Gasteiger partial charge on any atom is 0.233 e. The lowest BCUT2D eigenvalue weighted by molar-refractivity contribution is -0.127. The minimum Gasteiger partial charge on any atom is -0.497 e. The Morgan fingerprint density at radius 2 is 2.03 bits per heavy atom. The van der Waals surface area contributed by atoms with Crippen molar-refractivity contribution in [2.24, 2.45) is 0 Å². The van der Waals surface area contributed by atoms with E-state index in [1.54, 1.807) is 23.3 Å². The maximum absolute atomic E-state index is 12.6. The van der Waals surface area contributed by atoms with Crippen LogP contribution in [0.4, 0.5) is 0 Å². The molecule has 4 aromatic rings. The average Bonchev–Trinajstić information content (AvgIpc) is 3.44. The number of aromatic amines is 1. The molecule has 0 aliphatic carbocycles. The Morgan fingerprint density at radius 1 is 1.20 bits per heavy atom. The van der Waals surface area contributed by atoms with Gasteiger partial charge in [0.05, 0.1) is 12.9 Å². The molecule has 0 bridgehead atoms. The third-order valence-corrected chi connectivity index (χ3v) is 6.42. The Bertz CT molecular complexity index is 1140. The minimum absolute atomic E-state index is 0.0411. The molecular weight excluding hydrogens is 416 g/mol. The highest BCUT2D eigenvalue weighted by Crippen LogP contribution is 2.23. The van der Waals surface area contributed by atoms with Crippen molar-refractivity contribution >= 4 is 39.8 Å². The summed E-state index contributed by atoms with van der Waals surface area (Å²) < 4.78 is 5.27.